The predicted molar refractivity (Wildman–Crippen MR) is 399 cm³/mol. The molecule has 19 heteroatoms. The number of phosphoric acid groups is 2. The number of aliphatic hydroxyl groups excluding tert-OH is 1. The number of allylic oxidation sites excluding steroid dienone is 16. The van der Waals surface area contributed by atoms with Crippen LogP contribution in [0.5, 0.6) is 0 Å². The highest BCUT2D eigenvalue weighted by atomic mass is 31.2. The van der Waals surface area contributed by atoms with Gasteiger partial charge in [0.25, 0.3) is 0 Å². The molecule has 0 rings (SSSR count). The zero-order valence-corrected chi connectivity index (χ0v) is 63.5. The number of carbonyl (C=O) groups excluding carboxylic acids is 4. The molecule has 0 fully saturated rings. The second-order valence-corrected chi connectivity index (χ2v) is 28.5. The van der Waals surface area contributed by atoms with Crippen LogP contribution in [0.4, 0.5) is 0 Å². The first-order valence-electron chi connectivity index (χ1n) is 38.5. The van der Waals surface area contributed by atoms with Gasteiger partial charge >= 0.3 is 39.5 Å². The molecule has 0 saturated carbocycles. The van der Waals surface area contributed by atoms with Crippen molar-refractivity contribution in [3.05, 3.63) is 97.2 Å². The van der Waals surface area contributed by atoms with E-state index >= 15 is 0 Å². The lowest BCUT2D eigenvalue weighted by Crippen LogP contribution is -2.30. The molecule has 5 atom stereocenters. The molecule has 0 aromatic heterocycles. The molecule has 0 aliphatic rings. The summed E-state index contributed by atoms with van der Waals surface area (Å²) >= 11 is 0. The van der Waals surface area contributed by atoms with Crippen molar-refractivity contribution in [1.29, 1.82) is 0 Å². The number of esters is 4. The van der Waals surface area contributed by atoms with E-state index in [1.807, 2.05) is 12.2 Å². The molecular weight excluding hydrogens is 1280 g/mol. The molecule has 5 unspecified atom stereocenters. The summed E-state index contributed by atoms with van der Waals surface area (Å²) in [4.78, 5) is 72.8. The molecule has 0 radical (unpaired) electrons. The van der Waals surface area contributed by atoms with Gasteiger partial charge in [-0.1, -0.05) is 298 Å². The van der Waals surface area contributed by atoms with Gasteiger partial charge in [-0.2, -0.15) is 0 Å². The highest BCUT2D eigenvalue weighted by Gasteiger charge is 2.30. The average Bonchev–Trinajstić information content (AvgIpc) is 1.05. The summed E-state index contributed by atoms with van der Waals surface area (Å²) in [5.41, 5.74) is 0. The third-order valence-corrected chi connectivity index (χ3v) is 18.0. The van der Waals surface area contributed by atoms with Crippen LogP contribution in [0, 0.1) is 0 Å². The van der Waals surface area contributed by atoms with E-state index in [1.54, 1.807) is 0 Å². The summed E-state index contributed by atoms with van der Waals surface area (Å²) in [5, 5.41) is 10.6. The van der Waals surface area contributed by atoms with Gasteiger partial charge in [0.15, 0.2) is 12.2 Å². The topological polar surface area (TPSA) is 237 Å². The van der Waals surface area contributed by atoms with Crippen LogP contribution in [0.15, 0.2) is 97.2 Å². The molecule has 566 valence electrons. The van der Waals surface area contributed by atoms with E-state index in [2.05, 4.69) is 113 Å². The fourth-order valence-corrected chi connectivity index (χ4v) is 11.9. The van der Waals surface area contributed by atoms with Crippen LogP contribution >= 0.6 is 15.6 Å². The van der Waals surface area contributed by atoms with Gasteiger partial charge in [-0.15, -0.1) is 0 Å². The minimum Gasteiger partial charge on any atom is -0.462 e. The summed E-state index contributed by atoms with van der Waals surface area (Å²) < 4.78 is 68.4. The van der Waals surface area contributed by atoms with Crippen molar-refractivity contribution in [2.45, 2.75) is 341 Å². The normalized spacial score (nSPS) is 14.5. The number of rotatable bonds is 72. The lowest BCUT2D eigenvalue weighted by Gasteiger charge is -2.21. The fraction of sp³-hybridized carbons (Fsp3) is 0.747. The molecule has 0 amide bonds. The summed E-state index contributed by atoms with van der Waals surface area (Å²) in [6, 6.07) is 0. The number of hydrogen-bond donors (Lipinski definition) is 3. The Bertz CT molecular complexity index is 2240. The fourth-order valence-electron chi connectivity index (χ4n) is 10.3. The minimum atomic E-state index is -4.99. The van der Waals surface area contributed by atoms with E-state index in [4.69, 9.17) is 37.0 Å². The first-order chi connectivity index (χ1) is 47.7. The van der Waals surface area contributed by atoms with Crippen LogP contribution in [0.25, 0.3) is 0 Å². The standard InChI is InChI=1S/C79H138O17P2/c1-5-9-13-17-21-25-29-33-35-36-38-41-44-48-52-56-60-64-77(82)90-70-75(96-79(84)66-62-58-54-50-46-42-37-34-30-26-22-18-14-10-6-2)72-94-98(87,88)92-68-73(80)67-91-97(85,86)93-71-74(95-78(83)65-61-57-53-49-45-40-32-28-24-20-16-12-8-4)69-89-76(81)63-59-55-51-47-43-39-31-27-23-19-15-11-7-3/h9-10,13-14,21-22,25-26,33-35,37-38,41,48,52,73-75,80H,5-8,11-12,15-20,23-24,27-32,36,39-40,42-47,49-51,53-72H2,1-4H3,(H,85,86)(H,87,88)/b13-9-,14-10-,25-21-,26-22-,35-33-,37-34-,41-38-,52-48-. The van der Waals surface area contributed by atoms with Crippen LogP contribution in [-0.4, -0.2) is 96.7 Å². The maximum Gasteiger partial charge on any atom is 0.472 e. The van der Waals surface area contributed by atoms with Gasteiger partial charge < -0.3 is 33.8 Å². The molecule has 0 bridgehead atoms. The maximum absolute atomic E-state index is 13.1. The third-order valence-electron chi connectivity index (χ3n) is 16.1. The van der Waals surface area contributed by atoms with E-state index < -0.39 is 97.5 Å². The molecule has 3 N–H and O–H groups in total. The zero-order valence-electron chi connectivity index (χ0n) is 61.7. The molecule has 17 nitrogen and oxygen atoms in total. The summed E-state index contributed by atoms with van der Waals surface area (Å²) in [6.07, 6.45) is 74.0. The Morgan fingerprint density at radius 1 is 0.296 bits per heavy atom. The lowest BCUT2D eigenvalue weighted by molar-refractivity contribution is -0.161. The molecule has 0 aliphatic carbocycles. The van der Waals surface area contributed by atoms with E-state index in [1.165, 1.54) is 109 Å². The number of unbranched alkanes of at least 4 members (excludes halogenated alkanes) is 30. The van der Waals surface area contributed by atoms with Crippen molar-refractivity contribution in [3.8, 4) is 0 Å². The second kappa shape index (κ2) is 71.4. The van der Waals surface area contributed by atoms with E-state index in [0.717, 1.165) is 128 Å². The van der Waals surface area contributed by atoms with E-state index in [-0.39, 0.29) is 25.7 Å². The van der Waals surface area contributed by atoms with Gasteiger partial charge in [0.2, 0.25) is 0 Å². The van der Waals surface area contributed by atoms with Crippen LogP contribution in [0.1, 0.15) is 323 Å². The Morgan fingerprint density at radius 3 is 0.857 bits per heavy atom. The molecule has 98 heavy (non-hydrogen) atoms. The zero-order chi connectivity index (χ0) is 71.8. The van der Waals surface area contributed by atoms with Crippen molar-refractivity contribution in [1.82, 2.24) is 0 Å². The van der Waals surface area contributed by atoms with Crippen molar-refractivity contribution >= 4 is 39.5 Å². The first kappa shape index (κ1) is 94.0. The number of carbonyl (C=O) groups is 4. The third kappa shape index (κ3) is 70.4. The van der Waals surface area contributed by atoms with E-state index in [9.17, 15) is 43.2 Å². The Balaban J connectivity index is 5.39. The summed E-state index contributed by atoms with van der Waals surface area (Å²) in [7, 11) is -9.96. The van der Waals surface area contributed by atoms with Crippen molar-refractivity contribution in [3.63, 3.8) is 0 Å². The van der Waals surface area contributed by atoms with E-state index in [0.29, 0.717) is 32.1 Å². The van der Waals surface area contributed by atoms with Gasteiger partial charge in [-0.25, -0.2) is 9.13 Å². The van der Waals surface area contributed by atoms with Crippen molar-refractivity contribution < 1.29 is 80.2 Å². The summed E-state index contributed by atoms with van der Waals surface area (Å²) in [6.45, 7) is 4.60. The Morgan fingerprint density at radius 2 is 0.541 bits per heavy atom. The van der Waals surface area contributed by atoms with Crippen LogP contribution in [0.3, 0.4) is 0 Å². The highest BCUT2D eigenvalue weighted by Crippen LogP contribution is 2.45. The van der Waals surface area contributed by atoms with Gasteiger partial charge in [-0.3, -0.25) is 37.3 Å². The largest absolute Gasteiger partial charge is 0.472 e. The Hall–Kier alpha value is -4.02. The Kier molecular flexibility index (Phi) is 68.4. The van der Waals surface area contributed by atoms with Crippen molar-refractivity contribution in [2.75, 3.05) is 39.6 Å². The minimum absolute atomic E-state index is 0.0631. The molecule has 0 aromatic carbocycles. The molecule has 0 saturated heterocycles. The molecule has 0 heterocycles. The predicted octanol–water partition coefficient (Wildman–Crippen LogP) is 22.0. The quantitative estimate of drug-likeness (QED) is 0.0169. The maximum atomic E-state index is 13.1. The van der Waals surface area contributed by atoms with Crippen LogP contribution in [-0.2, 0) is 65.4 Å². The Labute approximate surface area is 595 Å². The van der Waals surface area contributed by atoms with Crippen molar-refractivity contribution in [2.24, 2.45) is 0 Å². The molecule has 0 spiro atoms. The number of aliphatic hydroxyl groups is 1. The number of hydrogen-bond acceptors (Lipinski definition) is 15. The summed E-state index contributed by atoms with van der Waals surface area (Å²) in [5.74, 6) is -2.24. The van der Waals surface area contributed by atoms with Gasteiger partial charge in [-0.05, 0) is 96.3 Å². The average molecular weight is 1420 g/mol. The van der Waals surface area contributed by atoms with Gasteiger partial charge in [0, 0.05) is 25.7 Å². The monoisotopic (exact) mass is 1420 g/mol. The highest BCUT2D eigenvalue weighted by molar-refractivity contribution is 7.47. The molecule has 0 aromatic rings. The SMILES string of the molecule is CC/C=C\C/C=C\C/C=C\C/C=C\C/C=C\CCCC(=O)OCC(COP(=O)(O)OCC(O)COP(=O)(O)OCC(COC(=O)CCCCCCCCCCCCCCC)OC(=O)CCCCCCCCCCCCCCC)OC(=O)CCCCCCC/C=C\C/C=C\C/C=C\CC. The first-order valence-corrected chi connectivity index (χ1v) is 41.5. The van der Waals surface area contributed by atoms with Gasteiger partial charge in [0.1, 0.15) is 19.3 Å². The molecular formula is C79H138O17P2. The van der Waals surface area contributed by atoms with Crippen LogP contribution < -0.4 is 0 Å². The second-order valence-electron chi connectivity index (χ2n) is 25.5. The van der Waals surface area contributed by atoms with Gasteiger partial charge in [0.05, 0.1) is 26.4 Å². The number of ether oxygens (including phenoxy) is 4. The lowest BCUT2D eigenvalue weighted by atomic mass is 10.0. The smallest absolute Gasteiger partial charge is 0.462 e. The molecule has 0 aliphatic heterocycles. The van der Waals surface area contributed by atoms with Crippen LogP contribution in [0.2, 0.25) is 0 Å². The number of phosphoric ester groups is 2.